The van der Waals surface area contributed by atoms with Crippen LogP contribution in [0.25, 0.3) is 0 Å². The summed E-state index contributed by atoms with van der Waals surface area (Å²) < 4.78 is 5.79. The number of ether oxygens (including phenoxy) is 1. The number of fused-ring (bicyclic) bond motifs is 1. The second-order valence-electron chi connectivity index (χ2n) is 9.94. The van der Waals surface area contributed by atoms with Gasteiger partial charge in [0, 0.05) is 32.4 Å². The highest BCUT2D eigenvalue weighted by Gasteiger charge is 2.33. The zero-order valence-corrected chi connectivity index (χ0v) is 22.6. The van der Waals surface area contributed by atoms with Crippen LogP contribution in [0.1, 0.15) is 71.6 Å². The highest BCUT2D eigenvalue weighted by Crippen LogP contribution is 2.35. The van der Waals surface area contributed by atoms with Crippen LogP contribution in [0.5, 0.6) is 0 Å². The third-order valence-corrected chi connectivity index (χ3v) is 7.24. The van der Waals surface area contributed by atoms with E-state index in [2.05, 4.69) is 18.2 Å². The quantitative estimate of drug-likeness (QED) is 0.289. The number of allylic oxidation sites excluding steroid dienone is 3. The first-order valence-electron chi connectivity index (χ1n) is 13.3. The summed E-state index contributed by atoms with van der Waals surface area (Å²) in [5, 5.41) is 25.3. The van der Waals surface area contributed by atoms with Crippen LogP contribution in [-0.4, -0.2) is 64.6 Å². The Kier molecular flexibility index (Phi) is 11.3. The standard InChI is InChI=1S/C28H39ClN2O6/c1-3-9-21-13-8-11-19(2)10-7-12-20(30-36-18-25(34)31-14-5-4-6-15-31)16-22-26(28(35)37-21)23(32)17-24(33)27(22)29/h7-8,11-12,19,21,24,32-33H,3-6,9-10,13-18H2,1-2H3/b11-8+,12-7+,30-20+. The van der Waals surface area contributed by atoms with Gasteiger partial charge in [-0.25, -0.2) is 4.79 Å². The van der Waals surface area contributed by atoms with Gasteiger partial charge < -0.3 is 24.7 Å². The van der Waals surface area contributed by atoms with E-state index in [0.29, 0.717) is 18.6 Å². The van der Waals surface area contributed by atoms with Gasteiger partial charge in [0.1, 0.15) is 17.4 Å². The minimum Gasteiger partial charge on any atom is -0.511 e. The van der Waals surface area contributed by atoms with Crippen LogP contribution in [0.15, 0.2) is 51.4 Å². The molecule has 2 aliphatic heterocycles. The Morgan fingerprint density at radius 2 is 2.00 bits per heavy atom. The zero-order chi connectivity index (χ0) is 26.8. The van der Waals surface area contributed by atoms with Gasteiger partial charge in [-0.05, 0) is 49.7 Å². The van der Waals surface area contributed by atoms with Gasteiger partial charge in [-0.2, -0.15) is 0 Å². The lowest BCUT2D eigenvalue weighted by Crippen LogP contribution is -2.37. The van der Waals surface area contributed by atoms with E-state index in [1.807, 2.05) is 19.1 Å². The maximum absolute atomic E-state index is 13.2. The highest BCUT2D eigenvalue weighted by molar-refractivity contribution is 6.31. The maximum Gasteiger partial charge on any atom is 0.342 e. The van der Waals surface area contributed by atoms with Crippen molar-refractivity contribution in [1.29, 1.82) is 0 Å². The predicted octanol–water partition coefficient (Wildman–Crippen LogP) is 5.09. The molecule has 1 amide bonds. The molecule has 0 spiro atoms. The molecule has 3 unspecified atom stereocenters. The predicted molar refractivity (Wildman–Crippen MR) is 143 cm³/mol. The Bertz CT molecular complexity index is 977. The molecule has 37 heavy (non-hydrogen) atoms. The van der Waals surface area contributed by atoms with E-state index < -0.39 is 12.1 Å². The molecule has 8 nitrogen and oxygen atoms in total. The second-order valence-corrected chi connectivity index (χ2v) is 10.3. The Hall–Kier alpha value is -2.58. The Labute approximate surface area is 224 Å². The number of likely N-dealkylation sites (tertiary alicyclic amines) is 1. The summed E-state index contributed by atoms with van der Waals surface area (Å²) in [7, 11) is 0. The first kappa shape index (κ1) is 29.0. The normalized spacial score (nSPS) is 28.9. The Morgan fingerprint density at radius 1 is 1.24 bits per heavy atom. The molecule has 0 aromatic rings. The van der Waals surface area contributed by atoms with Crippen molar-refractivity contribution in [3.8, 4) is 0 Å². The molecule has 1 saturated heterocycles. The second kappa shape index (κ2) is 14.4. The topological polar surface area (TPSA) is 109 Å². The summed E-state index contributed by atoms with van der Waals surface area (Å²) in [6.07, 6.45) is 12.1. The van der Waals surface area contributed by atoms with E-state index in [9.17, 15) is 19.8 Å². The van der Waals surface area contributed by atoms with E-state index in [-0.39, 0.29) is 59.3 Å². The van der Waals surface area contributed by atoms with E-state index in [0.717, 1.165) is 45.2 Å². The number of rotatable bonds is 5. The lowest BCUT2D eigenvalue weighted by Gasteiger charge is -2.26. The van der Waals surface area contributed by atoms with Crippen molar-refractivity contribution < 1.29 is 29.4 Å². The van der Waals surface area contributed by atoms with Crippen LogP contribution in [0.2, 0.25) is 0 Å². The number of hydrogen-bond acceptors (Lipinski definition) is 7. The van der Waals surface area contributed by atoms with Crippen molar-refractivity contribution >= 4 is 29.2 Å². The Morgan fingerprint density at radius 3 is 2.73 bits per heavy atom. The molecule has 3 rings (SSSR count). The first-order chi connectivity index (χ1) is 17.8. The third-order valence-electron chi connectivity index (χ3n) is 6.76. The number of oxime groups is 1. The van der Waals surface area contributed by atoms with Crippen molar-refractivity contribution in [2.24, 2.45) is 11.1 Å². The lowest BCUT2D eigenvalue weighted by molar-refractivity contribution is -0.144. The zero-order valence-electron chi connectivity index (χ0n) is 21.8. The molecule has 2 N–H and O–H groups in total. The number of hydrogen-bond donors (Lipinski definition) is 2. The SMILES string of the molecule is CCCC1C/C=C/C(C)C/C=C/C(=N\OCC(=O)N2CCCCC2)CC2=C(Cl)C(O)CC(O)=C2C(=O)O1. The molecule has 3 atom stereocenters. The fourth-order valence-electron chi connectivity index (χ4n) is 4.71. The number of piperidine rings is 1. The summed E-state index contributed by atoms with van der Waals surface area (Å²) >= 11 is 6.48. The van der Waals surface area contributed by atoms with Gasteiger partial charge in [-0.15, -0.1) is 0 Å². The minimum absolute atomic E-state index is 0.0153. The Balaban J connectivity index is 1.88. The monoisotopic (exact) mass is 534 g/mol. The van der Waals surface area contributed by atoms with Crippen LogP contribution in [-0.2, 0) is 19.2 Å². The molecule has 0 aromatic carbocycles. The van der Waals surface area contributed by atoms with E-state index in [1.54, 1.807) is 11.0 Å². The van der Waals surface area contributed by atoms with Crippen molar-refractivity contribution in [2.75, 3.05) is 19.7 Å². The number of carbonyl (C=O) groups excluding carboxylic acids is 2. The fraction of sp³-hybridized carbons (Fsp3) is 0.607. The minimum atomic E-state index is -1.15. The van der Waals surface area contributed by atoms with Gasteiger partial charge in [-0.3, -0.25) is 4.79 Å². The van der Waals surface area contributed by atoms with Gasteiger partial charge in [0.2, 0.25) is 0 Å². The number of amides is 1. The van der Waals surface area contributed by atoms with Gasteiger partial charge >= 0.3 is 5.97 Å². The number of carbonyl (C=O) groups is 2. The maximum atomic E-state index is 13.2. The average Bonchev–Trinajstić information content (AvgIpc) is 2.87. The van der Waals surface area contributed by atoms with Gasteiger partial charge in [0.15, 0.2) is 6.61 Å². The molecular weight excluding hydrogens is 496 g/mol. The van der Waals surface area contributed by atoms with Crippen molar-refractivity contribution in [3.05, 3.63) is 46.2 Å². The van der Waals surface area contributed by atoms with Crippen molar-refractivity contribution in [1.82, 2.24) is 4.90 Å². The smallest absolute Gasteiger partial charge is 0.342 e. The van der Waals surface area contributed by atoms with E-state index in [1.165, 1.54) is 0 Å². The third kappa shape index (κ3) is 8.47. The summed E-state index contributed by atoms with van der Waals surface area (Å²) in [5.74, 6) is -0.826. The number of halogens is 1. The van der Waals surface area contributed by atoms with Crippen LogP contribution >= 0.6 is 11.6 Å². The average molecular weight is 535 g/mol. The molecule has 2 heterocycles. The lowest BCUT2D eigenvalue weighted by atomic mass is 9.90. The molecular formula is C28H39ClN2O6. The van der Waals surface area contributed by atoms with Crippen LogP contribution in [0.4, 0.5) is 0 Å². The van der Waals surface area contributed by atoms with Crippen LogP contribution < -0.4 is 0 Å². The van der Waals surface area contributed by atoms with E-state index in [4.69, 9.17) is 21.2 Å². The largest absolute Gasteiger partial charge is 0.511 e. The molecule has 0 bridgehead atoms. The highest BCUT2D eigenvalue weighted by atomic mass is 35.5. The first-order valence-corrected chi connectivity index (χ1v) is 13.7. The number of aliphatic hydroxyl groups excluding tert-OH is 2. The number of cyclic esters (lactones) is 1. The van der Waals surface area contributed by atoms with Crippen LogP contribution in [0.3, 0.4) is 0 Å². The number of aliphatic hydroxyl groups is 2. The number of nitrogens with zero attached hydrogens (tertiary/aromatic N) is 2. The van der Waals surface area contributed by atoms with Gasteiger partial charge in [0.25, 0.3) is 5.91 Å². The molecule has 204 valence electrons. The fourth-order valence-corrected chi connectivity index (χ4v) is 4.95. The molecule has 0 aromatic heterocycles. The van der Waals surface area contributed by atoms with Crippen molar-refractivity contribution in [2.45, 2.75) is 83.8 Å². The van der Waals surface area contributed by atoms with Crippen LogP contribution in [0, 0.1) is 5.92 Å². The molecule has 0 radical (unpaired) electrons. The summed E-state index contributed by atoms with van der Waals surface area (Å²) in [6.45, 7) is 5.36. The summed E-state index contributed by atoms with van der Waals surface area (Å²) in [4.78, 5) is 32.9. The van der Waals surface area contributed by atoms with Gasteiger partial charge in [0.05, 0.1) is 16.8 Å². The summed E-state index contributed by atoms with van der Waals surface area (Å²) in [5.41, 5.74) is 0.606. The molecule has 1 fully saturated rings. The molecule has 3 aliphatic rings. The van der Waals surface area contributed by atoms with Gasteiger partial charge in [-0.1, -0.05) is 55.3 Å². The van der Waals surface area contributed by atoms with Crippen molar-refractivity contribution in [3.63, 3.8) is 0 Å². The number of esters is 1. The molecule has 9 heteroatoms. The molecule has 1 aliphatic carbocycles. The summed E-state index contributed by atoms with van der Waals surface area (Å²) in [6, 6.07) is 0. The van der Waals surface area contributed by atoms with E-state index >= 15 is 0 Å². The molecule has 0 saturated carbocycles.